The molecule has 3 nitrogen and oxygen atoms in total. The Balaban J connectivity index is 1.80. The Hall–Kier alpha value is -1.53. The fraction of sp³-hybridized carbons (Fsp3) is 0.588. The second-order valence-electron chi connectivity index (χ2n) is 5.95. The molecule has 0 bridgehead atoms. The lowest BCUT2D eigenvalue weighted by molar-refractivity contribution is 0.366. The molecule has 0 amide bonds. The quantitative estimate of drug-likeness (QED) is 0.916. The molecule has 1 aromatic rings. The van der Waals surface area contributed by atoms with Crippen LogP contribution in [0.2, 0.25) is 0 Å². The fourth-order valence-corrected chi connectivity index (χ4v) is 3.65. The Bertz CT molecular complexity index is 520. The van der Waals surface area contributed by atoms with Gasteiger partial charge in [0.25, 0.3) is 0 Å². The van der Waals surface area contributed by atoms with Crippen molar-refractivity contribution in [3.05, 3.63) is 29.3 Å². The molecule has 1 N–H and O–H groups in total. The highest BCUT2D eigenvalue weighted by Crippen LogP contribution is 2.35. The number of nitrogens with one attached hydrogen (secondary N) is 1. The van der Waals surface area contributed by atoms with Gasteiger partial charge in [0, 0.05) is 12.1 Å². The van der Waals surface area contributed by atoms with E-state index in [-0.39, 0.29) is 5.92 Å². The molecule has 0 spiro atoms. The summed E-state index contributed by atoms with van der Waals surface area (Å²) in [4.78, 5) is 0. The molecule has 1 saturated carbocycles. The van der Waals surface area contributed by atoms with Crippen LogP contribution in [0.3, 0.4) is 0 Å². The van der Waals surface area contributed by atoms with Crippen molar-refractivity contribution >= 4 is 0 Å². The van der Waals surface area contributed by atoms with Crippen molar-refractivity contribution in [3.8, 4) is 11.8 Å². The summed E-state index contributed by atoms with van der Waals surface area (Å²) in [5.41, 5.74) is 2.81. The predicted octanol–water partition coefficient (Wildman–Crippen LogP) is 3.35. The lowest BCUT2D eigenvalue weighted by Gasteiger charge is -2.30. The van der Waals surface area contributed by atoms with E-state index in [4.69, 9.17) is 4.74 Å². The number of fused-ring (bicyclic) bond motifs is 1. The Labute approximate surface area is 120 Å². The number of rotatable bonds is 3. The first-order valence-electron chi connectivity index (χ1n) is 7.64. The highest BCUT2D eigenvalue weighted by molar-refractivity contribution is 5.39. The molecule has 3 heteroatoms. The second kappa shape index (κ2) is 5.85. The summed E-state index contributed by atoms with van der Waals surface area (Å²) < 4.78 is 5.36. The van der Waals surface area contributed by atoms with E-state index >= 15 is 0 Å². The van der Waals surface area contributed by atoms with E-state index in [1.54, 1.807) is 7.11 Å². The maximum absolute atomic E-state index is 9.23. The van der Waals surface area contributed by atoms with E-state index in [2.05, 4.69) is 29.6 Å². The molecular weight excluding hydrogens is 248 g/mol. The van der Waals surface area contributed by atoms with Crippen molar-refractivity contribution in [3.63, 3.8) is 0 Å². The van der Waals surface area contributed by atoms with E-state index in [1.807, 2.05) is 0 Å². The summed E-state index contributed by atoms with van der Waals surface area (Å²) in [5.74, 6) is 1.12. The zero-order valence-electron chi connectivity index (χ0n) is 12.1. The maximum atomic E-state index is 9.23. The fourth-order valence-electron chi connectivity index (χ4n) is 3.65. The summed E-state index contributed by atoms with van der Waals surface area (Å²) in [6.45, 7) is 0. The summed E-state index contributed by atoms with van der Waals surface area (Å²) in [7, 11) is 1.72. The van der Waals surface area contributed by atoms with Crippen LogP contribution in [0.5, 0.6) is 5.75 Å². The molecule has 0 radical (unpaired) electrons. The largest absolute Gasteiger partial charge is 0.497 e. The van der Waals surface area contributed by atoms with Gasteiger partial charge < -0.3 is 10.1 Å². The first kappa shape index (κ1) is 13.5. The van der Waals surface area contributed by atoms with Crippen LogP contribution < -0.4 is 10.1 Å². The van der Waals surface area contributed by atoms with Crippen LogP contribution in [0.4, 0.5) is 0 Å². The molecule has 1 aromatic carbocycles. The third-order valence-corrected chi connectivity index (χ3v) is 4.76. The van der Waals surface area contributed by atoms with E-state index in [1.165, 1.54) is 24.0 Å². The van der Waals surface area contributed by atoms with Crippen LogP contribution in [0, 0.1) is 17.2 Å². The zero-order valence-corrected chi connectivity index (χ0v) is 12.1. The number of ether oxygens (including phenoxy) is 1. The molecule has 0 saturated heterocycles. The van der Waals surface area contributed by atoms with Gasteiger partial charge in [0.2, 0.25) is 0 Å². The third kappa shape index (κ3) is 2.53. The Morgan fingerprint density at radius 2 is 2.15 bits per heavy atom. The third-order valence-electron chi connectivity index (χ3n) is 4.76. The van der Waals surface area contributed by atoms with E-state index < -0.39 is 0 Å². The van der Waals surface area contributed by atoms with Gasteiger partial charge in [-0.15, -0.1) is 0 Å². The van der Waals surface area contributed by atoms with Crippen molar-refractivity contribution in [1.29, 1.82) is 5.26 Å². The number of hydrogen-bond acceptors (Lipinski definition) is 3. The van der Waals surface area contributed by atoms with Crippen molar-refractivity contribution in [1.82, 2.24) is 5.32 Å². The molecular formula is C17H22N2O. The highest BCUT2D eigenvalue weighted by Gasteiger charge is 2.31. The number of hydrogen-bond donors (Lipinski definition) is 1. The van der Waals surface area contributed by atoms with Crippen molar-refractivity contribution in [2.24, 2.45) is 5.92 Å². The van der Waals surface area contributed by atoms with Crippen molar-refractivity contribution in [2.75, 3.05) is 7.11 Å². The predicted molar refractivity (Wildman–Crippen MR) is 78.6 cm³/mol. The highest BCUT2D eigenvalue weighted by atomic mass is 16.5. The average Bonchev–Trinajstić information content (AvgIpc) is 2.94. The van der Waals surface area contributed by atoms with Gasteiger partial charge in [-0.05, 0) is 55.4 Å². The standard InChI is InChI=1S/C17H22N2O/c1-20-14-9-8-12-4-2-7-17(15(12)10-14)19-16-6-3-5-13(16)11-18/h8-10,13,16-17,19H,2-7H2,1H3. The summed E-state index contributed by atoms with van der Waals surface area (Å²) in [6.07, 6.45) is 6.90. The summed E-state index contributed by atoms with van der Waals surface area (Å²) >= 11 is 0. The van der Waals surface area contributed by atoms with Gasteiger partial charge in [0.05, 0.1) is 19.1 Å². The van der Waals surface area contributed by atoms with Gasteiger partial charge >= 0.3 is 0 Å². The van der Waals surface area contributed by atoms with Crippen LogP contribution in [0.1, 0.15) is 49.3 Å². The van der Waals surface area contributed by atoms with Crippen molar-refractivity contribution < 1.29 is 4.74 Å². The van der Waals surface area contributed by atoms with Gasteiger partial charge in [0.15, 0.2) is 0 Å². The first-order valence-corrected chi connectivity index (χ1v) is 7.64. The molecule has 3 rings (SSSR count). The number of benzene rings is 1. The minimum absolute atomic E-state index is 0.186. The van der Waals surface area contributed by atoms with Crippen LogP contribution in [-0.2, 0) is 6.42 Å². The molecule has 2 aliphatic carbocycles. The smallest absolute Gasteiger partial charge is 0.119 e. The molecule has 0 heterocycles. The Kier molecular flexibility index (Phi) is 3.93. The Morgan fingerprint density at radius 1 is 1.25 bits per heavy atom. The lowest BCUT2D eigenvalue weighted by atomic mass is 9.86. The molecule has 0 aromatic heterocycles. The van der Waals surface area contributed by atoms with Crippen LogP contribution in [-0.4, -0.2) is 13.2 Å². The minimum atomic E-state index is 0.186. The van der Waals surface area contributed by atoms with Gasteiger partial charge in [-0.25, -0.2) is 0 Å². The topological polar surface area (TPSA) is 45.0 Å². The normalized spacial score (nSPS) is 28.7. The lowest BCUT2D eigenvalue weighted by Crippen LogP contribution is -2.36. The van der Waals surface area contributed by atoms with Gasteiger partial charge in [-0.2, -0.15) is 5.26 Å². The van der Waals surface area contributed by atoms with Crippen molar-refractivity contribution in [2.45, 2.75) is 50.6 Å². The summed E-state index contributed by atoms with van der Waals surface area (Å²) in [6, 6.07) is 9.62. The Morgan fingerprint density at radius 3 is 2.95 bits per heavy atom. The molecule has 2 aliphatic rings. The van der Waals surface area contributed by atoms with Crippen LogP contribution in [0.15, 0.2) is 18.2 Å². The second-order valence-corrected chi connectivity index (χ2v) is 5.95. The number of nitrogens with zero attached hydrogens (tertiary/aromatic N) is 1. The number of methoxy groups -OCH3 is 1. The van der Waals surface area contributed by atoms with Crippen LogP contribution >= 0.6 is 0 Å². The monoisotopic (exact) mass is 270 g/mol. The van der Waals surface area contributed by atoms with E-state index in [0.717, 1.165) is 31.4 Å². The zero-order chi connectivity index (χ0) is 13.9. The van der Waals surface area contributed by atoms with E-state index in [0.29, 0.717) is 12.1 Å². The average molecular weight is 270 g/mol. The molecule has 0 aliphatic heterocycles. The molecule has 20 heavy (non-hydrogen) atoms. The molecule has 1 fully saturated rings. The minimum Gasteiger partial charge on any atom is -0.497 e. The van der Waals surface area contributed by atoms with Gasteiger partial charge in [-0.3, -0.25) is 0 Å². The maximum Gasteiger partial charge on any atom is 0.119 e. The first-order chi connectivity index (χ1) is 9.81. The molecule has 106 valence electrons. The SMILES string of the molecule is COc1ccc2c(c1)C(NC1CCCC1C#N)CCC2. The molecule has 3 atom stereocenters. The number of aryl methyl sites for hydroxylation is 1. The van der Waals surface area contributed by atoms with E-state index in [9.17, 15) is 5.26 Å². The van der Waals surface area contributed by atoms with Gasteiger partial charge in [-0.1, -0.05) is 12.5 Å². The van der Waals surface area contributed by atoms with Crippen LogP contribution in [0.25, 0.3) is 0 Å². The summed E-state index contributed by atoms with van der Waals surface area (Å²) in [5, 5.41) is 13.0. The molecule has 3 unspecified atom stereocenters. The van der Waals surface area contributed by atoms with Gasteiger partial charge in [0.1, 0.15) is 5.75 Å². The number of nitriles is 1.